The molecule has 2 nitrogen and oxygen atoms in total. The van der Waals surface area contributed by atoms with Crippen LogP contribution in [0.15, 0.2) is 78.9 Å². The Balaban J connectivity index is 1.17. The Morgan fingerprint density at radius 1 is 0.711 bits per heavy atom. The molecule has 238 valence electrons. The lowest BCUT2D eigenvalue weighted by molar-refractivity contribution is -0.278. The number of halogens is 6. The molecule has 5 rings (SSSR count). The maximum atomic E-state index is 15.0. The number of ether oxygens (including phenoxy) is 2. The fourth-order valence-electron chi connectivity index (χ4n) is 6.04. The number of alkyl halides is 3. The average Bonchev–Trinajstić information content (AvgIpc) is 3.02. The molecule has 0 aliphatic heterocycles. The quantitative estimate of drug-likeness (QED) is 0.115. The maximum absolute atomic E-state index is 15.0. The Bertz CT molecular complexity index is 1580. The molecule has 1 aliphatic carbocycles. The van der Waals surface area contributed by atoms with Crippen molar-refractivity contribution in [1.29, 1.82) is 0 Å². The summed E-state index contributed by atoms with van der Waals surface area (Å²) in [7, 11) is 0. The second kappa shape index (κ2) is 14.5. The van der Waals surface area contributed by atoms with E-state index in [-0.39, 0.29) is 17.2 Å². The Kier molecular flexibility index (Phi) is 10.5. The second-order valence-corrected chi connectivity index (χ2v) is 11.6. The molecule has 0 amide bonds. The van der Waals surface area contributed by atoms with Crippen LogP contribution in [0.4, 0.5) is 26.3 Å². The minimum atomic E-state index is -3.71. The van der Waals surface area contributed by atoms with Crippen LogP contribution in [0.3, 0.4) is 0 Å². The molecular formula is C37H36F6O2. The van der Waals surface area contributed by atoms with Crippen LogP contribution in [0.1, 0.15) is 74.5 Å². The van der Waals surface area contributed by atoms with E-state index >= 15 is 4.39 Å². The lowest BCUT2D eigenvalue weighted by Gasteiger charge is -2.31. The minimum Gasteiger partial charge on any atom is -0.460 e. The molecule has 0 heterocycles. The van der Waals surface area contributed by atoms with Crippen LogP contribution in [-0.2, 0) is 17.3 Å². The molecule has 1 saturated carbocycles. The summed E-state index contributed by atoms with van der Waals surface area (Å²) in [6, 6.07) is 20.1. The van der Waals surface area contributed by atoms with Crippen molar-refractivity contribution in [1.82, 2.24) is 0 Å². The minimum absolute atomic E-state index is 0.157. The molecule has 0 atom stereocenters. The van der Waals surface area contributed by atoms with Gasteiger partial charge in [0, 0.05) is 5.56 Å². The average molecular weight is 627 g/mol. The normalized spacial score (nSPS) is 17.0. The molecule has 0 spiro atoms. The number of unbranched alkanes of at least 4 members (excludes halogenated alkanes) is 2. The topological polar surface area (TPSA) is 18.5 Å². The largest absolute Gasteiger partial charge is 0.460 e. The molecule has 0 saturated heterocycles. The summed E-state index contributed by atoms with van der Waals surface area (Å²) in [4.78, 5) is 0. The lowest BCUT2D eigenvalue weighted by atomic mass is 9.82. The summed E-state index contributed by atoms with van der Waals surface area (Å²) < 4.78 is 95.8. The number of hydrogen-bond donors (Lipinski definition) is 0. The number of hydrogen-bond acceptors (Lipinski definition) is 2. The van der Waals surface area contributed by atoms with Gasteiger partial charge in [-0.25, -0.2) is 17.6 Å². The Hall–Kier alpha value is -3.78. The smallest absolute Gasteiger partial charge is 0.386 e. The molecular weight excluding hydrogens is 590 g/mol. The summed E-state index contributed by atoms with van der Waals surface area (Å²) in [5.41, 5.74) is 2.97. The molecule has 0 N–H and O–H groups in total. The highest BCUT2D eigenvalue weighted by Crippen LogP contribution is 2.40. The van der Waals surface area contributed by atoms with E-state index in [2.05, 4.69) is 11.7 Å². The van der Waals surface area contributed by atoms with E-state index in [1.165, 1.54) is 24.3 Å². The molecule has 1 fully saturated rings. The SMILES string of the molecule is CCCCCc1ccc(C(F)(F)OC2CCC(c3ccc(-c4ccc(-c5ccc(OCF)c(F)c5)c(F)c4)cc3)CC2)c(F)c1. The van der Waals surface area contributed by atoms with E-state index in [9.17, 15) is 22.0 Å². The molecule has 4 aromatic rings. The van der Waals surface area contributed by atoms with Crippen molar-refractivity contribution in [2.24, 2.45) is 0 Å². The molecule has 45 heavy (non-hydrogen) atoms. The summed E-state index contributed by atoms with van der Waals surface area (Å²) in [5.74, 6) is -2.34. The van der Waals surface area contributed by atoms with E-state index in [0.29, 0.717) is 48.8 Å². The second-order valence-electron chi connectivity index (χ2n) is 11.6. The molecule has 0 bridgehead atoms. The molecule has 0 unspecified atom stereocenters. The highest BCUT2D eigenvalue weighted by Gasteiger charge is 2.40. The van der Waals surface area contributed by atoms with Gasteiger partial charge in [0.2, 0.25) is 6.86 Å². The van der Waals surface area contributed by atoms with Gasteiger partial charge in [0.1, 0.15) is 11.6 Å². The monoisotopic (exact) mass is 626 g/mol. The third-order valence-electron chi connectivity index (χ3n) is 8.54. The lowest BCUT2D eigenvalue weighted by Crippen LogP contribution is -2.30. The van der Waals surface area contributed by atoms with Gasteiger partial charge < -0.3 is 9.47 Å². The van der Waals surface area contributed by atoms with E-state index in [1.54, 1.807) is 18.2 Å². The zero-order valence-electron chi connectivity index (χ0n) is 25.1. The molecule has 8 heteroatoms. The first-order chi connectivity index (χ1) is 21.7. The van der Waals surface area contributed by atoms with Crippen molar-refractivity contribution in [3.63, 3.8) is 0 Å². The third kappa shape index (κ3) is 7.90. The van der Waals surface area contributed by atoms with Crippen molar-refractivity contribution in [3.05, 3.63) is 113 Å². The predicted octanol–water partition coefficient (Wildman–Crippen LogP) is 11.3. The van der Waals surface area contributed by atoms with Gasteiger partial charge >= 0.3 is 6.11 Å². The Morgan fingerprint density at radius 2 is 1.40 bits per heavy atom. The molecule has 1 aliphatic rings. The van der Waals surface area contributed by atoms with E-state index < -0.39 is 42.1 Å². The Morgan fingerprint density at radius 3 is 2.04 bits per heavy atom. The fraction of sp³-hybridized carbons (Fsp3) is 0.351. The van der Waals surface area contributed by atoms with E-state index in [0.717, 1.165) is 42.5 Å². The van der Waals surface area contributed by atoms with Gasteiger partial charge in [-0.2, -0.15) is 8.78 Å². The zero-order valence-corrected chi connectivity index (χ0v) is 25.1. The van der Waals surface area contributed by atoms with Crippen molar-refractivity contribution in [2.75, 3.05) is 6.86 Å². The first kappa shape index (κ1) is 32.6. The molecule has 0 aromatic heterocycles. The van der Waals surface area contributed by atoms with Crippen LogP contribution in [0.5, 0.6) is 5.75 Å². The van der Waals surface area contributed by atoms with Gasteiger partial charge in [-0.3, -0.25) is 0 Å². The van der Waals surface area contributed by atoms with Gasteiger partial charge in [-0.1, -0.05) is 68.3 Å². The summed E-state index contributed by atoms with van der Waals surface area (Å²) in [5, 5.41) is 0. The van der Waals surface area contributed by atoms with Crippen LogP contribution < -0.4 is 4.74 Å². The zero-order chi connectivity index (χ0) is 32.0. The van der Waals surface area contributed by atoms with Crippen LogP contribution in [0.2, 0.25) is 0 Å². The van der Waals surface area contributed by atoms with Crippen LogP contribution in [-0.4, -0.2) is 13.0 Å². The van der Waals surface area contributed by atoms with Gasteiger partial charge in [0.25, 0.3) is 0 Å². The van der Waals surface area contributed by atoms with Gasteiger partial charge in [-0.15, -0.1) is 0 Å². The summed E-state index contributed by atoms with van der Waals surface area (Å²) in [6.07, 6.45) is 1.33. The fourth-order valence-corrected chi connectivity index (χ4v) is 6.04. The predicted molar refractivity (Wildman–Crippen MR) is 163 cm³/mol. The van der Waals surface area contributed by atoms with Crippen molar-refractivity contribution < 1.29 is 35.8 Å². The first-order valence-corrected chi connectivity index (χ1v) is 15.4. The third-order valence-corrected chi connectivity index (χ3v) is 8.54. The number of rotatable bonds is 12. The van der Waals surface area contributed by atoms with Crippen molar-refractivity contribution >= 4 is 0 Å². The van der Waals surface area contributed by atoms with Gasteiger partial charge in [-0.05, 0) is 103 Å². The van der Waals surface area contributed by atoms with Crippen LogP contribution in [0, 0.1) is 17.5 Å². The van der Waals surface area contributed by atoms with Crippen molar-refractivity contribution in [3.8, 4) is 28.0 Å². The van der Waals surface area contributed by atoms with Crippen LogP contribution in [0.25, 0.3) is 22.3 Å². The number of aryl methyl sites for hydroxylation is 1. The summed E-state index contributed by atoms with van der Waals surface area (Å²) >= 11 is 0. The first-order valence-electron chi connectivity index (χ1n) is 15.4. The van der Waals surface area contributed by atoms with Gasteiger partial charge in [0.05, 0.1) is 11.7 Å². The Labute approximate surface area is 260 Å². The van der Waals surface area contributed by atoms with E-state index in [1.807, 2.05) is 24.3 Å². The van der Waals surface area contributed by atoms with Crippen LogP contribution >= 0.6 is 0 Å². The maximum Gasteiger partial charge on any atom is 0.386 e. The highest BCUT2D eigenvalue weighted by atomic mass is 19.3. The molecule has 0 radical (unpaired) electrons. The molecule has 4 aromatic carbocycles. The standard InChI is InChI=1S/C37H36F6O2/c1-2-3-4-5-24-6-18-32(34(40)20-24)37(42,43)45-30-15-11-26(12-16-30)25-7-9-27(10-8-25)28-13-17-31(33(39)21-28)29-14-19-36(44-23-38)35(41)22-29/h6-10,13-14,17-22,26,30H,2-5,11-12,15-16,23H2,1H3. The number of benzene rings is 4. The van der Waals surface area contributed by atoms with Crippen molar-refractivity contribution in [2.45, 2.75) is 76.4 Å². The van der Waals surface area contributed by atoms with E-state index in [4.69, 9.17) is 4.74 Å². The highest BCUT2D eigenvalue weighted by molar-refractivity contribution is 5.71. The summed E-state index contributed by atoms with van der Waals surface area (Å²) in [6.45, 7) is 0.906. The van der Waals surface area contributed by atoms with Gasteiger partial charge in [0.15, 0.2) is 11.6 Å².